The molecule has 2 rings (SSSR count). The Labute approximate surface area is 116 Å². The van der Waals surface area contributed by atoms with Crippen LogP contribution in [0, 0.1) is 24.1 Å². The van der Waals surface area contributed by atoms with Crippen molar-refractivity contribution in [2.45, 2.75) is 13.5 Å². The van der Waals surface area contributed by atoms with E-state index in [2.05, 4.69) is 5.32 Å². The molecule has 0 atom stereocenters. The summed E-state index contributed by atoms with van der Waals surface area (Å²) in [6.45, 7) is 2.25. The first-order valence-corrected chi connectivity index (χ1v) is 6.17. The first-order valence-electron chi connectivity index (χ1n) is 5.79. The maximum absolute atomic E-state index is 13.7. The number of halogens is 2. The molecule has 2 nitrogen and oxygen atoms in total. The summed E-state index contributed by atoms with van der Waals surface area (Å²) in [6, 6.07) is 11.9. The Morgan fingerprint density at radius 1 is 1.32 bits per heavy atom. The van der Waals surface area contributed by atoms with Crippen LogP contribution in [-0.4, -0.2) is 0 Å². The molecule has 0 unspecified atom stereocenters. The third-order valence-electron chi connectivity index (χ3n) is 2.92. The summed E-state index contributed by atoms with van der Waals surface area (Å²) >= 11 is 6.02. The SMILES string of the molecule is Cc1c(Cl)cccc1NCc1ccc(C#N)cc1F. The van der Waals surface area contributed by atoms with Crippen LogP contribution in [0.1, 0.15) is 16.7 Å². The predicted octanol–water partition coefficient (Wildman–Crippen LogP) is 4.27. The number of rotatable bonds is 3. The summed E-state index contributed by atoms with van der Waals surface area (Å²) in [5.41, 5.74) is 2.63. The lowest BCUT2D eigenvalue weighted by Gasteiger charge is -2.11. The summed E-state index contributed by atoms with van der Waals surface area (Å²) in [5.74, 6) is -0.383. The lowest BCUT2D eigenvalue weighted by Crippen LogP contribution is -2.03. The molecule has 0 amide bonds. The monoisotopic (exact) mass is 274 g/mol. The van der Waals surface area contributed by atoms with Gasteiger partial charge >= 0.3 is 0 Å². The van der Waals surface area contributed by atoms with E-state index in [1.54, 1.807) is 12.1 Å². The van der Waals surface area contributed by atoms with E-state index in [-0.39, 0.29) is 5.82 Å². The third-order valence-corrected chi connectivity index (χ3v) is 3.33. The number of hydrogen-bond acceptors (Lipinski definition) is 2. The highest BCUT2D eigenvalue weighted by Crippen LogP contribution is 2.23. The number of hydrogen-bond donors (Lipinski definition) is 1. The fourth-order valence-electron chi connectivity index (χ4n) is 1.75. The topological polar surface area (TPSA) is 35.8 Å². The molecule has 1 N–H and O–H groups in total. The molecule has 0 saturated carbocycles. The molecule has 2 aromatic carbocycles. The number of nitrogens with one attached hydrogen (secondary N) is 1. The Hall–Kier alpha value is -2.05. The summed E-state index contributed by atoms with van der Waals surface area (Å²) in [5, 5.41) is 12.5. The highest BCUT2D eigenvalue weighted by molar-refractivity contribution is 6.31. The maximum atomic E-state index is 13.7. The minimum absolute atomic E-state index is 0.320. The van der Waals surface area contributed by atoms with Crippen molar-refractivity contribution < 1.29 is 4.39 Å². The molecule has 0 aliphatic carbocycles. The van der Waals surface area contributed by atoms with Gasteiger partial charge in [0.15, 0.2) is 0 Å². The Bertz CT molecular complexity index is 647. The molecule has 0 radical (unpaired) electrons. The van der Waals surface area contributed by atoms with Crippen molar-refractivity contribution in [2.24, 2.45) is 0 Å². The molecule has 0 aliphatic heterocycles. The molecule has 0 aromatic heterocycles. The van der Waals surface area contributed by atoms with E-state index < -0.39 is 0 Å². The van der Waals surface area contributed by atoms with Crippen LogP contribution < -0.4 is 5.32 Å². The van der Waals surface area contributed by atoms with Crippen molar-refractivity contribution in [3.05, 3.63) is 63.9 Å². The predicted molar refractivity (Wildman–Crippen MR) is 74.6 cm³/mol. The standard InChI is InChI=1S/C15H12ClFN2/c1-10-13(16)3-2-4-15(10)19-9-12-6-5-11(8-18)7-14(12)17/h2-7,19H,9H2,1H3. The molecule has 2 aromatic rings. The molecule has 0 saturated heterocycles. The number of benzene rings is 2. The van der Waals surface area contributed by atoms with Crippen LogP contribution in [-0.2, 0) is 6.54 Å². The van der Waals surface area contributed by atoms with Gasteiger partial charge in [0.25, 0.3) is 0 Å². The first kappa shape index (κ1) is 13.4. The molecule has 19 heavy (non-hydrogen) atoms. The van der Waals surface area contributed by atoms with Crippen LogP contribution in [0.3, 0.4) is 0 Å². The number of nitriles is 1. The Kier molecular flexibility index (Phi) is 4.03. The van der Waals surface area contributed by atoms with E-state index in [0.717, 1.165) is 11.3 Å². The Morgan fingerprint density at radius 3 is 2.79 bits per heavy atom. The minimum atomic E-state index is -0.383. The van der Waals surface area contributed by atoms with Gasteiger partial charge in [-0.15, -0.1) is 0 Å². The molecule has 0 fully saturated rings. The lowest BCUT2D eigenvalue weighted by molar-refractivity contribution is 0.612. The smallest absolute Gasteiger partial charge is 0.129 e. The number of anilines is 1. The summed E-state index contributed by atoms with van der Waals surface area (Å²) < 4.78 is 13.7. The minimum Gasteiger partial charge on any atom is -0.381 e. The molecule has 96 valence electrons. The van der Waals surface area contributed by atoms with Gasteiger partial charge in [-0.2, -0.15) is 5.26 Å². The van der Waals surface area contributed by atoms with Gasteiger partial charge in [0.2, 0.25) is 0 Å². The van der Waals surface area contributed by atoms with Gasteiger partial charge in [0.1, 0.15) is 5.82 Å². The van der Waals surface area contributed by atoms with Gasteiger partial charge < -0.3 is 5.32 Å². The second-order valence-corrected chi connectivity index (χ2v) is 4.59. The molecular weight excluding hydrogens is 263 g/mol. The second kappa shape index (κ2) is 5.73. The van der Waals surface area contributed by atoms with E-state index in [4.69, 9.17) is 16.9 Å². The fraction of sp³-hybridized carbons (Fsp3) is 0.133. The second-order valence-electron chi connectivity index (χ2n) is 4.18. The largest absolute Gasteiger partial charge is 0.381 e. The lowest BCUT2D eigenvalue weighted by atomic mass is 10.1. The molecule has 0 aliphatic rings. The van der Waals surface area contributed by atoms with E-state index in [0.29, 0.717) is 22.7 Å². The van der Waals surface area contributed by atoms with Crippen LogP contribution in [0.5, 0.6) is 0 Å². The molecule has 0 bridgehead atoms. The quantitative estimate of drug-likeness (QED) is 0.907. The molecule has 4 heteroatoms. The number of nitrogens with zero attached hydrogens (tertiary/aromatic N) is 1. The average molecular weight is 275 g/mol. The van der Waals surface area contributed by atoms with Gasteiger partial charge in [-0.1, -0.05) is 23.7 Å². The Morgan fingerprint density at radius 2 is 2.11 bits per heavy atom. The van der Waals surface area contributed by atoms with Crippen LogP contribution in [0.25, 0.3) is 0 Å². The first-order chi connectivity index (χ1) is 9.11. The van der Waals surface area contributed by atoms with Gasteiger partial charge in [0, 0.05) is 22.8 Å². The van der Waals surface area contributed by atoms with Crippen molar-refractivity contribution in [3.8, 4) is 6.07 Å². The Balaban J connectivity index is 2.15. The maximum Gasteiger partial charge on any atom is 0.129 e. The van der Waals surface area contributed by atoms with Crippen molar-refractivity contribution in [1.82, 2.24) is 0 Å². The van der Waals surface area contributed by atoms with E-state index in [1.165, 1.54) is 6.07 Å². The zero-order valence-electron chi connectivity index (χ0n) is 10.4. The van der Waals surface area contributed by atoms with Gasteiger partial charge in [-0.05, 0) is 36.8 Å². The van der Waals surface area contributed by atoms with Crippen LogP contribution >= 0.6 is 11.6 Å². The van der Waals surface area contributed by atoms with Crippen molar-refractivity contribution in [2.75, 3.05) is 5.32 Å². The summed E-state index contributed by atoms with van der Waals surface area (Å²) in [4.78, 5) is 0. The third kappa shape index (κ3) is 3.04. The zero-order chi connectivity index (χ0) is 13.8. The highest BCUT2D eigenvalue weighted by atomic mass is 35.5. The van der Waals surface area contributed by atoms with Gasteiger partial charge in [0.05, 0.1) is 11.6 Å². The average Bonchev–Trinajstić information content (AvgIpc) is 2.41. The van der Waals surface area contributed by atoms with Gasteiger partial charge in [-0.3, -0.25) is 0 Å². The van der Waals surface area contributed by atoms with E-state index >= 15 is 0 Å². The summed E-state index contributed by atoms with van der Waals surface area (Å²) in [6.07, 6.45) is 0. The van der Waals surface area contributed by atoms with Crippen LogP contribution in [0.2, 0.25) is 5.02 Å². The van der Waals surface area contributed by atoms with Crippen LogP contribution in [0.4, 0.5) is 10.1 Å². The van der Waals surface area contributed by atoms with Crippen LogP contribution in [0.15, 0.2) is 36.4 Å². The van der Waals surface area contributed by atoms with E-state index in [9.17, 15) is 4.39 Å². The molecule has 0 spiro atoms. The van der Waals surface area contributed by atoms with Gasteiger partial charge in [-0.25, -0.2) is 4.39 Å². The van der Waals surface area contributed by atoms with Crippen molar-refractivity contribution in [1.29, 1.82) is 5.26 Å². The normalized spacial score (nSPS) is 10.0. The summed E-state index contributed by atoms with van der Waals surface area (Å²) in [7, 11) is 0. The highest BCUT2D eigenvalue weighted by Gasteiger charge is 2.05. The van der Waals surface area contributed by atoms with Crippen molar-refractivity contribution >= 4 is 17.3 Å². The molecule has 0 heterocycles. The van der Waals surface area contributed by atoms with E-state index in [1.807, 2.05) is 31.2 Å². The molecular formula is C15H12ClFN2. The van der Waals surface area contributed by atoms with Crippen molar-refractivity contribution in [3.63, 3.8) is 0 Å². The zero-order valence-corrected chi connectivity index (χ0v) is 11.1. The fourth-order valence-corrected chi connectivity index (χ4v) is 1.92.